The largest absolute Gasteiger partial charge is 0.467 e. The number of aromatic nitrogens is 4. The average Bonchev–Trinajstić information content (AvgIpc) is 3.26. The minimum atomic E-state index is -0.228. The lowest BCUT2D eigenvalue weighted by molar-refractivity contribution is 0.00333. The summed E-state index contributed by atoms with van der Waals surface area (Å²) in [6, 6.07) is 6.72. The molecule has 0 bridgehead atoms. The van der Waals surface area contributed by atoms with E-state index in [0.29, 0.717) is 37.4 Å². The van der Waals surface area contributed by atoms with Crippen molar-refractivity contribution in [3.05, 3.63) is 35.5 Å². The van der Waals surface area contributed by atoms with E-state index in [1.807, 2.05) is 16.9 Å². The number of hydrogen-bond acceptors (Lipinski definition) is 8. The Labute approximate surface area is 199 Å². The molecular formula is C23H31ClN6O3. The molecule has 4 heterocycles. The molecule has 5 rings (SSSR count). The first-order chi connectivity index (χ1) is 15.7. The number of halogens is 1. The highest BCUT2D eigenvalue weighted by molar-refractivity contribution is 5.85. The predicted molar refractivity (Wildman–Crippen MR) is 129 cm³/mol. The molecule has 1 atom stereocenters. The third-order valence-electron chi connectivity index (χ3n) is 6.48. The van der Waals surface area contributed by atoms with Gasteiger partial charge in [0.25, 0.3) is 0 Å². The van der Waals surface area contributed by atoms with Gasteiger partial charge in [-0.3, -0.25) is 0 Å². The van der Waals surface area contributed by atoms with Crippen LogP contribution in [0.2, 0.25) is 0 Å². The summed E-state index contributed by atoms with van der Waals surface area (Å²) < 4.78 is 12.9. The zero-order chi connectivity index (χ0) is 22.1. The van der Waals surface area contributed by atoms with Gasteiger partial charge in [0.05, 0.1) is 38.1 Å². The van der Waals surface area contributed by atoms with Crippen LogP contribution >= 0.6 is 12.4 Å². The number of hydrogen-bond donors (Lipinski definition) is 2. The highest BCUT2D eigenvalue weighted by Crippen LogP contribution is 2.32. The van der Waals surface area contributed by atoms with Gasteiger partial charge in [0.2, 0.25) is 0 Å². The van der Waals surface area contributed by atoms with E-state index in [9.17, 15) is 5.11 Å². The monoisotopic (exact) mass is 474 g/mol. The van der Waals surface area contributed by atoms with Crippen LogP contribution in [0.25, 0.3) is 16.7 Å². The van der Waals surface area contributed by atoms with Crippen molar-refractivity contribution in [1.82, 2.24) is 25.1 Å². The number of ether oxygens (including phenoxy) is 2. The summed E-state index contributed by atoms with van der Waals surface area (Å²) in [7, 11) is 1.57. The molecule has 9 nitrogen and oxygen atoms in total. The summed E-state index contributed by atoms with van der Waals surface area (Å²) >= 11 is 0. The molecule has 2 fully saturated rings. The summed E-state index contributed by atoms with van der Waals surface area (Å²) in [5.41, 5.74) is 3.74. The Balaban J connectivity index is 0.00000259. The van der Waals surface area contributed by atoms with Crippen LogP contribution in [0.1, 0.15) is 29.9 Å². The number of nitrogens with one attached hydrogen (secondary N) is 1. The number of rotatable bonds is 5. The van der Waals surface area contributed by atoms with Gasteiger partial charge in [0.1, 0.15) is 5.82 Å². The predicted octanol–water partition coefficient (Wildman–Crippen LogP) is 2.22. The summed E-state index contributed by atoms with van der Waals surface area (Å²) in [5, 5.41) is 18.7. The lowest BCUT2D eigenvalue weighted by atomic mass is 9.87. The molecule has 1 unspecified atom stereocenters. The Kier molecular flexibility index (Phi) is 7.33. The SMILES string of the molecule is COc1nc(N2CCOC(CO)C2)cc(-n2ncc3cc(C)c(C4CCNCC4)cc32)n1.Cl. The Morgan fingerprint density at radius 3 is 2.73 bits per heavy atom. The molecule has 1 aromatic carbocycles. The number of aliphatic hydroxyl groups excluding tert-OH is 1. The first-order valence-corrected chi connectivity index (χ1v) is 11.3. The van der Waals surface area contributed by atoms with Crippen molar-refractivity contribution in [1.29, 1.82) is 0 Å². The standard InChI is InChI=1S/C23H30N6O3.ClH/c1-15-9-17-12-25-29(20(17)10-19(15)16-3-5-24-6-4-16)22-11-21(26-23(27-22)31-2)28-7-8-32-18(13-28)14-30;/h9-12,16,18,24,30H,3-8,13-14H2,1-2H3;1H. The number of nitrogens with zero attached hydrogens (tertiary/aromatic N) is 5. The van der Waals surface area contributed by atoms with E-state index >= 15 is 0 Å². The van der Waals surface area contributed by atoms with Crippen molar-refractivity contribution in [2.24, 2.45) is 0 Å². The van der Waals surface area contributed by atoms with E-state index in [4.69, 9.17) is 9.47 Å². The van der Waals surface area contributed by atoms with Crippen LogP contribution in [0, 0.1) is 6.92 Å². The maximum Gasteiger partial charge on any atom is 0.320 e. The Morgan fingerprint density at radius 2 is 1.97 bits per heavy atom. The van der Waals surface area contributed by atoms with E-state index < -0.39 is 0 Å². The summed E-state index contributed by atoms with van der Waals surface area (Å²) in [4.78, 5) is 11.2. The number of morpholine rings is 1. The smallest absolute Gasteiger partial charge is 0.320 e. The molecule has 0 spiro atoms. The number of aryl methyl sites for hydroxylation is 1. The van der Waals surface area contributed by atoms with Gasteiger partial charge in [-0.25, -0.2) is 4.68 Å². The molecule has 2 saturated heterocycles. The van der Waals surface area contributed by atoms with Gasteiger partial charge in [-0.2, -0.15) is 15.1 Å². The fourth-order valence-corrected chi connectivity index (χ4v) is 4.76. The average molecular weight is 475 g/mol. The van der Waals surface area contributed by atoms with Crippen LogP contribution in [0.5, 0.6) is 6.01 Å². The summed E-state index contributed by atoms with van der Waals surface area (Å²) in [5.74, 6) is 1.96. The van der Waals surface area contributed by atoms with Crippen molar-refractivity contribution in [3.63, 3.8) is 0 Å². The molecule has 2 aromatic heterocycles. The third-order valence-corrected chi connectivity index (χ3v) is 6.48. The Morgan fingerprint density at radius 1 is 1.18 bits per heavy atom. The van der Waals surface area contributed by atoms with Gasteiger partial charge < -0.3 is 24.8 Å². The van der Waals surface area contributed by atoms with Crippen LogP contribution in [0.4, 0.5) is 5.82 Å². The summed E-state index contributed by atoms with van der Waals surface area (Å²) in [6.45, 7) is 6.08. The highest BCUT2D eigenvalue weighted by Gasteiger charge is 2.23. The van der Waals surface area contributed by atoms with E-state index in [-0.39, 0.29) is 25.1 Å². The third kappa shape index (κ3) is 4.77. The lowest BCUT2D eigenvalue weighted by Gasteiger charge is -2.33. The second-order valence-electron chi connectivity index (χ2n) is 8.54. The maximum atomic E-state index is 9.51. The van der Waals surface area contributed by atoms with Gasteiger partial charge in [0.15, 0.2) is 5.82 Å². The first-order valence-electron chi connectivity index (χ1n) is 11.3. The molecule has 0 aliphatic carbocycles. The van der Waals surface area contributed by atoms with Crippen molar-refractivity contribution in [2.75, 3.05) is 51.4 Å². The van der Waals surface area contributed by atoms with E-state index in [1.165, 1.54) is 11.1 Å². The van der Waals surface area contributed by atoms with Gasteiger partial charge in [0, 0.05) is 24.5 Å². The number of benzene rings is 1. The number of anilines is 1. The van der Waals surface area contributed by atoms with Crippen molar-refractivity contribution < 1.29 is 14.6 Å². The molecular weight excluding hydrogens is 444 g/mol. The van der Waals surface area contributed by atoms with Gasteiger partial charge in [-0.15, -0.1) is 12.4 Å². The maximum absolute atomic E-state index is 9.51. The zero-order valence-electron chi connectivity index (χ0n) is 19.0. The minimum Gasteiger partial charge on any atom is -0.467 e. The number of piperidine rings is 1. The van der Waals surface area contributed by atoms with Crippen LogP contribution < -0.4 is 15.0 Å². The van der Waals surface area contributed by atoms with E-state index in [2.05, 4.69) is 44.3 Å². The summed E-state index contributed by atoms with van der Waals surface area (Å²) in [6.07, 6.45) is 3.96. The number of methoxy groups -OCH3 is 1. The van der Waals surface area contributed by atoms with E-state index in [1.54, 1.807) is 7.11 Å². The lowest BCUT2D eigenvalue weighted by Crippen LogP contribution is -2.44. The van der Waals surface area contributed by atoms with Crippen LogP contribution in [0.15, 0.2) is 24.4 Å². The van der Waals surface area contributed by atoms with Crippen LogP contribution in [-0.4, -0.2) is 77.5 Å². The molecule has 178 valence electrons. The number of aliphatic hydroxyl groups is 1. The molecule has 3 aromatic rings. The molecule has 2 aliphatic heterocycles. The zero-order valence-corrected chi connectivity index (χ0v) is 19.8. The fraction of sp³-hybridized carbons (Fsp3) is 0.522. The molecule has 0 radical (unpaired) electrons. The second-order valence-corrected chi connectivity index (χ2v) is 8.54. The molecule has 0 amide bonds. The molecule has 2 aliphatic rings. The first kappa shape index (κ1) is 23.7. The van der Waals surface area contributed by atoms with Gasteiger partial charge >= 0.3 is 6.01 Å². The molecule has 2 N–H and O–H groups in total. The van der Waals surface area contributed by atoms with Gasteiger partial charge in [-0.1, -0.05) is 0 Å². The fourth-order valence-electron chi connectivity index (χ4n) is 4.76. The normalized spacial score (nSPS) is 19.5. The second kappa shape index (κ2) is 10.2. The van der Waals surface area contributed by atoms with Gasteiger partial charge in [-0.05, 0) is 62.0 Å². The van der Waals surface area contributed by atoms with Crippen LogP contribution in [0.3, 0.4) is 0 Å². The van der Waals surface area contributed by atoms with E-state index in [0.717, 1.165) is 42.7 Å². The quantitative estimate of drug-likeness (QED) is 0.581. The molecule has 10 heteroatoms. The Hall–Kier alpha value is -2.46. The molecule has 0 saturated carbocycles. The highest BCUT2D eigenvalue weighted by atomic mass is 35.5. The van der Waals surface area contributed by atoms with Crippen molar-refractivity contribution >= 4 is 29.1 Å². The van der Waals surface area contributed by atoms with Crippen molar-refractivity contribution in [2.45, 2.75) is 31.8 Å². The number of fused-ring (bicyclic) bond motifs is 1. The molecule has 33 heavy (non-hydrogen) atoms. The topological polar surface area (TPSA) is 97.6 Å². The Bertz CT molecular complexity index is 1100. The van der Waals surface area contributed by atoms with Crippen molar-refractivity contribution in [3.8, 4) is 11.8 Å². The van der Waals surface area contributed by atoms with Crippen LogP contribution in [-0.2, 0) is 4.74 Å². The minimum absolute atomic E-state index is 0.